The molecule has 1 saturated heterocycles. The Morgan fingerprint density at radius 3 is 2.82 bits per heavy atom. The molecular weight excluding hydrogens is 356 g/mol. The Kier molecular flexibility index (Phi) is 4.13. The number of carbonyl (C=O) groups is 2. The molecule has 7 nitrogen and oxygen atoms in total. The van der Waals surface area contributed by atoms with Crippen molar-refractivity contribution in [3.8, 4) is 23.2 Å². The number of amides is 2. The SMILES string of the molecule is CN1CCC(O)(C#Cc2cccc(-c3nc(C(N)=O)c4ccccn34)c2)C1=O. The van der Waals surface area contributed by atoms with E-state index in [1.807, 2.05) is 18.2 Å². The van der Waals surface area contributed by atoms with Gasteiger partial charge in [-0.05, 0) is 24.3 Å². The number of fused-ring (bicyclic) bond motifs is 1. The van der Waals surface area contributed by atoms with Crippen molar-refractivity contribution in [3.63, 3.8) is 0 Å². The smallest absolute Gasteiger partial charge is 0.269 e. The van der Waals surface area contributed by atoms with E-state index < -0.39 is 11.5 Å². The highest BCUT2D eigenvalue weighted by atomic mass is 16.3. The number of imidazole rings is 1. The van der Waals surface area contributed by atoms with E-state index in [0.29, 0.717) is 23.4 Å². The number of primary amides is 1. The highest BCUT2D eigenvalue weighted by molar-refractivity contribution is 5.99. The number of aromatic nitrogens is 2. The molecule has 2 aromatic heterocycles. The van der Waals surface area contributed by atoms with E-state index in [1.165, 1.54) is 4.90 Å². The fourth-order valence-corrected chi connectivity index (χ4v) is 3.30. The third kappa shape index (κ3) is 2.90. The molecule has 2 amide bonds. The lowest BCUT2D eigenvalue weighted by Gasteiger charge is -2.13. The van der Waals surface area contributed by atoms with E-state index in [4.69, 9.17) is 5.73 Å². The summed E-state index contributed by atoms with van der Waals surface area (Å²) in [6.07, 6.45) is 2.08. The highest BCUT2D eigenvalue weighted by Crippen LogP contribution is 2.24. The minimum atomic E-state index is -1.65. The van der Waals surface area contributed by atoms with Crippen LogP contribution in [0.1, 0.15) is 22.5 Å². The molecule has 1 aromatic carbocycles. The van der Waals surface area contributed by atoms with Crippen molar-refractivity contribution in [2.75, 3.05) is 13.6 Å². The number of hydrogen-bond acceptors (Lipinski definition) is 4. The molecule has 1 aliphatic heterocycles. The molecule has 1 fully saturated rings. The summed E-state index contributed by atoms with van der Waals surface area (Å²) >= 11 is 0. The quantitative estimate of drug-likeness (QED) is 0.655. The van der Waals surface area contributed by atoms with Gasteiger partial charge >= 0.3 is 0 Å². The summed E-state index contributed by atoms with van der Waals surface area (Å²) in [4.78, 5) is 29.7. The summed E-state index contributed by atoms with van der Waals surface area (Å²) in [5, 5.41) is 10.5. The molecule has 7 heteroatoms. The van der Waals surface area contributed by atoms with Crippen LogP contribution in [0.3, 0.4) is 0 Å². The summed E-state index contributed by atoms with van der Waals surface area (Å²) < 4.78 is 1.79. The Morgan fingerprint density at radius 1 is 1.29 bits per heavy atom. The zero-order valence-electron chi connectivity index (χ0n) is 15.2. The Labute approximate surface area is 161 Å². The van der Waals surface area contributed by atoms with Crippen molar-refractivity contribution in [1.82, 2.24) is 14.3 Å². The van der Waals surface area contributed by atoms with E-state index in [1.54, 1.807) is 41.9 Å². The molecule has 0 spiro atoms. The summed E-state index contributed by atoms with van der Waals surface area (Å²) in [6, 6.07) is 12.7. The number of hydrogen-bond donors (Lipinski definition) is 2. The zero-order valence-corrected chi connectivity index (χ0v) is 15.2. The number of likely N-dealkylation sites (tertiary alicyclic amines) is 1. The van der Waals surface area contributed by atoms with Crippen molar-refractivity contribution < 1.29 is 14.7 Å². The summed E-state index contributed by atoms with van der Waals surface area (Å²) in [7, 11) is 1.64. The number of benzene rings is 1. The molecule has 0 saturated carbocycles. The van der Waals surface area contributed by atoms with Gasteiger partial charge in [0.2, 0.25) is 5.60 Å². The van der Waals surface area contributed by atoms with Gasteiger partial charge in [0.05, 0.1) is 5.52 Å². The number of nitrogens with two attached hydrogens (primary N) is 1. The number of aliphatic hydroxyl groups is 1. The van der Waals surface area contributed by atoms with Gasteiger partial charge in [-0.25, -0.2) is 4.98 Å². The van der Waals surface area contributed by atoms with Gasteiger partial charge in [-0.1, -0.05) is 30.0 Å². The molecule has 3 N–H and O–H groups in total. The van der Waals surface area contributed by atoms with Gasteiger partial charge in [0.25, 0.3) is 11.8 Å². The van der Waals surface area contributed by atoms with E-state index in [-0.39, 0.29) is 18.0 Å². The second-order valence-corrected chi connectivity index (χ2v) is 6.77. The molecule has 0 bridgehead atoms. The first-order valence-corrected chi connectivity index (χ1v) is 8.77. The van der Waals surface area contributed by atoms with E-state index in [0.717, 1.165) is 5.56 Å². The predicted molar refractivity (Wildman–Crippen MR) is 103 cm³/mol. The standard InChI is InChI=1S/C21H18N4O3/c1-24-12-10-21(28,20(24)27)9-8-14-5-4-6-15(13-14)19-23-17(18(22)26)16-7-2-3-11-25(16)19/h2-7,11,13,28H,10,12H2,1H3,(H2,22,26). The number of likely N-dealkylation sites (N-methyl/N-ethyl adjacent to an activating group) is 1. The molecule has 4 rings (SSSR count). The Bertz CT molecular complexity index is 1170. The zero-order chi connectivity index (χ0) is 19.9. The van der Waals surface area contributed by atoms with E-state index in [9.17, 15) is 14.7 Å². The highest BCUT2D eigenvalue weighted by Gasteiger charge is 2.42. The lowest BCUT2D eigenvalue weighted by molar-refractivity contribution is -0.137. The molecule has 1 unspecified atom stereocenters. The first-order valence-electron chi connectivity index (χ1n) is 8.77. The number of pyridine rings is 1. The number of nitrogens with zero attached hydrogens (tertiary/aromatic N) is 3. The average molecular weight is 374 g/mol. The van der Waals surface area contributed by atoms with Crippen molar-refractivity contribution >= 4 is 17.3 Å². The first kappa shape index (κ1) is 17.8. The van der Waals surface area contributed by atoms with Gasteiger partial charge in [-0.2, -0.15) is 0 Å². The molecule has 3 heterocycles. The third-order valence-corrected chi connectivity index (χ3v) is 4.83. The second kappa shape index (κ2) is 6.51. The van der Waals surface area contributed by atoms with Gasteiger partial charge in [0.15, 0.2) is 5.69 Å². The van der Waals surface area contributed by atoms with Crippen LogP contribution < -0.4 is 5.73 Å². The normalized spacial score (nSPS) is 18.9. The summed E-state index contributed by atoms with van der Waals surface area (Å²) in [6.45, 7) is 0.472. The first-order chi connectivity index (χ1) is 13.4. The lowest BCUT2D eigenvalue weighted by Crippen LogP contribution is -2.37. The van der Waals surface area contributed by atoms with Gasteiger partial charge in [0, 0.05) is 37.3 Å². The third-order valence-electron chi connectivity index (χ3n) is 4.83. The van der Waals surface area contributed by atoms with Gasteiger partial charge in [-0.3, -0.25) is 14.0 Å². The molecule has 28 heavy (non-hydrogen) atoms. The molecular formula is C21H18N4O3. The fourth-order valence-electron chi connectivity index (χ4n) is 3.30. The van der Waals surface area contributed by atoms with Crippen LogP contribution >= 0.6 is 0 Å². The van der Waals surface area contributed by atoms with Crippen molar-refractivity contribution in [2.24, 2.45) is 5.73 Å². The monoisotopic (exact) mass is 374 g/mol. The predicted octanol–water partition coefficient (Wildman–Crippen LogP) is 1.04. The lowest BCUT2D eigenvalue weighted by atomic mass is 10.0. The molecule has 0 aliphatic carbocycles. The van der Waals surface area contributed by atoms with Crippen molar-refractivity contribution in [1.29, 1.82) is 0 Å². The van der Waals surface area contributed by atoms with Crippen molar-refractivity contribution in [2.45, 2.75) is 12.0 Å². The summed E-state index contributed by atoms with van der Waals surface area (Å²) in [5.41, 5.74) is 5.99. The Hall–Kier alpha value is -3.63. The van der Waals surface area contributed by atoms with Crippen LogP contribution in [0.25, 0.3) is 16.9 Å². The molecule has 1 aliphatic rings. The van der Waals surface area contributed by atoms with Crippen LogP contribution in [0.15, 0.2) is 48.7 Å². The van der Waals surface area contributed by atoms with Gasteiger partial charge < -0.3 is 15.7 Å². The summed E-state index contributed by atoms with van der Waals surface area (Å²) in [5.74, 6) is 5.17. The van der Waals surface area contributed by atoms with Gasteiger partial charge in [-0.15, -0.1) is 0 Å². The molecule has 1 atom stereocenters. The van der Waals surface area contributed by atoms with E-state index in [2.05, 4.69) is 16.8 Å². The van der Waals surface area contributed by atoms with Crippen LogP contribution in [-0.4, -0.2) is 50.4 Å². The van der Waals surface area contributed by atoms with Crippen LogP contribution in [-0.2, 0) is 4.79 Å². The number of carbonyl (C=O) groups excluding carboxylic acids is 2. The molecule has 140 valence electrons. The molecule has 0 radical (unpaired) electrons. The maximum absolute atomic E-state index is 12.1. The largest absolute Gasteiger partial charge is 0.369 e. The Balaban J connectivity index is 1.76. The topological polar surface area (TPSA) is 101 Å². The van der Waals surface area contributed by atoms with Crippen LogP contribution in [0.4, 0.5) is 0 Å². The van der Waals surface area contributed by atoms with Gasteiger partial charge in [0.1, 0.15) is 5.82 Å². The van der Waals surface area contributed by atoms with Crippen LogP contribution in [0.5, 0.6) is 0 Å². The minimum Gasteiger partial charge on any atom is -0.369 e. The van der Waals surface area contributed by atoms with Crippen LogP contribution in [0, 0.1) is 11.8 Å². The van der Waals surface area contributed by atoms with E-state index >= 15 is 0 Å². The van der Waals surface area contributed by atoms with Crippen molar-refractivity contribution in [3.05, 3.63) is 59.9 Å². The number of rotatable bonds is 2. The second-order valence-electron chi connectivity index (χ2n) is 6.77. The average Bonchev–Trinajstić information content (AvgIpc) is 3.21. The Morgan fingerprint density at radius 2 is 2.11 bits per heavy atom. The van der Waals surface area contributed by atoms with Crippen LogP contribution in [0.2, 0.25) is 0 Å². The maximum atomic E-state index is 12.1. The minimum absolute atomic E-state index is 0.195. The fraction of sp³-hybridized carbons (Fsp3) is 0.190. The maximum Gasteiger partial charge on any atom is 0.269 e. The molecule has 3 aromatic rings.